The van der Waals surface area contributed by atoms with Crippen LogP contribution < -0.4 is 4.90 Å². The van der Waals surface area contributed by atoms with Crippen molar-refractivity contribution in [2.45, 2.75) is 26.2 Å². The molecule has 0 atom stereocenters. The highest BCUT2D eigenvalue weighted by Crippen LogP contribution is 2.26. The molecule has 156 valence electrons. The number of rotatable bonds is 6. The van der Waals surface area contributed by atoms with Crippen molar-refractivity contribution < 1.29 is 0 Å². The number of aliphatic imine (C=N–C) groups is 1. The van der Waals surface area contributed by atoms with Crippen molar-refractivity contribution >= 4 is 34.4 Å². The van der Waals surface area contributed by atoms with Crippen molar-refractivity contribution in [2.24, 2.45) is 10.1 Å². The highest BCUT2D eigenvalue weighted by atomic mass is 35.5. The maximum absolute atomic E-state index is 8.79. The maximum atomic E-state index is 8.79. The molecule has 0 bridgehead atoms. The van der Waals surface area contributed by atoms with Gasteiger partial charge in [-0.15, -0.1) is 15.0 Å². The Morgan fingerprint density at radius 2 is 1.90 bits per heavy atom. The second-order valence-electron chi connectivity index (χ2n) is 7.57. The summed E-state index contributed by atoms with van der Waals surface area (Å²) in [6.07, 6.45) is 0.478. The highest BCUT2D eigenvalue weighted by molar-refractivity contribution is 6.56. The van der Waals surface area contributed by atoms with Gasteiger partial charge >= 0.3 is 0 Å². The minimum absolute atomic E-state index is 0.182. The van der Waals surface area contributed by atoms with Crippen LogP contribution >= 0.6 is 11.6 Å². The molecule has 0 amide bonds. The number of nitriles is 1. The molecule has 0 spiro atoms. The molecule has 0 fully saturated rings. The fourth-order valence-corrected chi connectivity index (χ4v) is 3.45. The number of anilines is 1. The summed E-state index contributed by atoms with van der Waals surface area (Å²) < 4.78 is 0. The second-order valence-corrected chi connectivity index (χ2v) is 7.98. The zero-order chi connectivity index (χ0) is 22.0. The van der Waals surface area contributed by atoms with E-state index >= 15 is 0 Å². The Hall–Kier alpha value is -3.50. The van der Waals surface area contributed by atoms with Crippen molar-refractivity contribution in [1.29, 1.82) is 5.26 Å². The number of benzene rings is 2. The topological polar surface area (TPSA) is 82.5 Å². The standard InChI is InChI=1S/C23H22ClN7/c1-15(2)22-27-23-21(20(28-31(23)29-22)18-7-4-5-8-19(18)24)26-16-9-11-17(12-10-16)30(3)14-6-13-25/h4-5,7-12,15H,6,14H2,1-3H3/b26-21-. The zero-order valence-electron chi connectivity index (χ0n) is 17.6. The molecule has 31 heavy (non-hydrogen) atoms. The van der Waals surface area contributed by atoms with Crippen LogP contribution in [0.2, 0.25) is 5.02 Å². The summed E-state index contributed by atoms with van der Waals surface area (Å²) in [5, 5.41) is 18.6. The number of fused-ring (bicyclic) bond motifs is 1. The Morgan fingerprint density at radius 1 is 1.16 bits per heavy atom. The third-order valence-corrected chi connectivity index (χ3v) is 5.30. The van der Waals surface area contributed by atoms with Gasteiger partial charge in [-0.25, -0.2) is 9.98 Å². The summed E-state index contributed by atoms with van der Waals surface area (Å²) >= 11 is 6.45. The maximum Gasteiger partial charge on any atom is 0.204 e. The van der Waals surface area contributed by atoms with Crippen molar-refractivity contribution in [1.82, 2.24) is 14.9 Å². The van der Waals surface area contributed by atoms with Gasteiger partial charge in [0.05, 0.1) is 23.2 Å². The molecule has 0 radical (unpaired) electrons. The first-order valence-electron chi connectivity index (χ1n) is 10.1. The molecule has 4 rings (SSSR count). The van der Waals surface area contributed by atoms with Crippen LogP contribution in [0.15, 0.2) is 58.6 Å². The SMILES string of the molecule is CC(C)c1nc2n(n1)N=C(c1ccccc1Cl)/C2=N/c1ccc(N(C)CCC#N)cc1. The second kappa shape index (κ2) is 8.70. The van der Waals surface area contributed by atoms with E-state index in [1.165, 1.54) is 4.79 Å². The van der Waals surface area contributed by atoms with Gasteiger partial charge in [0.25, 0.3) is 0 Å². The van der Waals surface area contributed by atoms with Crippen LogP contribution in [-0.2, 0) is 0 Å². The Kier molecular flexibility index (Phi) is 5.83. The summed E-state index contributed by atoms with van der Waals surface area (Å²) in [6, 6.07) is 17.6. The lowest BCUT2D eigenvalue weighted by Crippen LogP contribution is -2.17. The summed E-state index contributed by atoms with van der Waals surface area (Å²) in [6.45, 7) is 4.76. The van der Waals surface area contributed by atoms with Gasteiger partial charge in [-0.05, 0) is 30.3 Å². The predicted molar refractivity (Wildman–Crippen MR) is 124 cm³/mol. The first-order valence-corrected chi connectivity index (χ1v) is 10.4. The molecule has 1 aliphatic heterocycles. The Morgan fingerprint density at radius 3 is 2.58 bits per heavy atom. The lowest BCUT2D eigenvalue weighted by molar-refractivity contribution is 0.698. The smallest absolute Gasteiger partial charge is 0.204 e. The number of hydrogen-bond acceptors (Lipinski definition) is 6. The summed E-state index contributed by atoms with van der Waals surface area (Å²) in [5.41, 5.74) is 3.86. The van der Waals surface area contributed by atoms with E-state index in [0.717, 1.165) is 22.8 Å². The molecular weight excluding hydrogens is 410 g/mol. The van der Waals surface area contributed by atoms with E-state index in [0.29, 0.717) is 35.2 Å². The summed E-state index contributed by atoms with van der Waals surface area (Å²) in [5.74, 6) is 1.51. The van der Waals surface area contributed by atoms with E-state index < -0.39 is 0 Å². The van der Waals surface area contributed by atoms with Gasteiger partial charge in [-0.3, -0.25) is 0 Å². The van der Waals surface area contributed by atoms with E-state index in [1.807, 2.05) is 74.3 Å². The van der Waals surface area contributed by atoms with E-state index in [9.17, 15) is 0 Å². The van der Waals surface area contributed by atoms with E-state index in [1.54, 1.807) is 0 Å². The van der Waals surface area contributed by atoms with Crippen LogP contribution in [0.1, 0.15) is 43.4 Å². The molecule has 8 heteroatoms. The van der Waals surface area contributed by atoms with Crippen LogP contribution in [0.25, 0.3) is 0 Å². The molecule has 7 nitrogen and oxygen atoms in total. The molecule has 1 aliphatic rings. The molecular formula is C23H22ClN7. The summed E-state index contributed by atoms with van der Waals surface area (Å²) in [7, 11) is 1.97. The number of nitrogens with zero attached hydrogens (tertiary/aromatic N) is 7. The summed E-state index contributed by atoms with van der Waals surface area (Å²) in [4.78, 5) is 13.1. The van der Waals surface area contributed by atoms with Gasteiger partial charge in [-0.2, -0.15) is 5.26 Å². The van der Waals surface area contributed by atoms with Crippen LogP contribution in [0.4, 0.5) is 11.4 Å². The van der Waals surface area contributed by atoms with E-state index in [-0.39, 0.29) is 5.92 Å². The van der Waals surface area contributed by atoms with Crippen LogP contribution in [0.3, 0.4) is 0 Å². The molecule has 0 saturated heterocycles. The Bertz CT molecular complexity index is 1200. The number of aromatic nitrogens is 3. The third-order valence-electron chi connectivity index (χ3n) is 4.97. The molecule has 2 aromatic carbocycles. The first kappa shape index (κ1) is 20.8. The third kappa shape index (κ3) is 4.21. The molecule has 1 aromatic heterocycles. The largest absolute Gasteiger partial charge is 0.374 e. The van der Waals surface area contributed by atoms with Crippen LogP contribution in [0, 0.1) is 11.3 Å². The number of halogens is 1. The van der Waals surface area contributed by atoms with Crippen molar-refractivity contribution in [3.8, 4) is 6.07 Å². The highest BCUT2D eigenvalue weighted by Gasteiger charge is 2.30. The van der Waals surface area contributed by atoms with Gasteiger partial charge in [-0.1, -0.05) is 43.6 Å². The van der Waals surface area contributed by atoms with Crippen LogP contribution in [0.5, 0.6) is 0 Å². The average Bonchev–Trinajstić information content (AvgIpc) is 3.32. The minimum atomic E-state index is 0.182. The van der Waals surface area contributed by atoms with Gasteiger partial charge < -0.3 is 4.90 Å². The fraction of sp³-hybridized carbons (Fsp3) is 0.261. The zero-order valence-corrected chi connectivity index (χ0v) is 18.4. The molecule has 2 heterocycles. The van der Waals surface area contributed by atoms with Gasteiger partial charge in [0.1, 0.15) is 11.4 Å². The Labute approximate surface area is 186 Å². The average molecular weight is 432 g/mol. The fourth-order valence-electron chi connectivity index (χ4n) is 3.23. The number of hydrogen-bond donors (Lipinski definition) is 0. The van der Waals surface area contributed by atoms with Crippen molar-refractivity contribution in [3.63, 3.8) is 0 Å². The molecule has 3 aromatic rings. The lowest BCUT2D eigenvalue weighted by atomic mass is 10.1. The lowest BCUT2D eigenvalue weighted by Gasteiger charge is -2.17. The van der Waals surface area contributed by atoms with Gasteiger partial charge in [0.15, 0.2) is 5.82 Å². The normalized spacial score (nSPS) is 13.9. The molecule has 0 unspecified atom stereocenters. The van der Waals surface area contributed by atoms with E-state index in [2.05, 4.69) is 21.3 Å². The molecule has 0 N–H and O–H groups in total. The predicted octanol–water partition coefficient (Wildman–Crippen LogP) is 4.79. The van der Waals surface area contributed by atoms with Crippen molar-refractivity contribution in [3.05, 3.63) is 70.8 Å². The quantitative estimate of drug-likeness (QED) is 0.561. The van der Waals surface area contributed by atoms with Gasteiger partial charge in [0.2, 0.25) is 5.82 Å². The molecule has 0 saturated carbocycles. The van der Waals surface area contributed by atoms with E-state index in [4.69, 9.17) is 21.9 Å². The molecule has 0 aliphatic carbocycles. The van der Waals surface area contributed by atoms with Crippen molar-refractivity contribution in [2.75, 3.05) is 18.5 Å². The van der Waals surface area contributed by atoms with Gasteiger partial charge in [0, 0.05) is 30.8 Å². The monoisotopic (exact) mass is 431 g/mol. The van der Waals surface area contributed by atoms with Crippen LogP contribution in [-0.4, -0.2) is 39.9 Å². The minimum Gasteiger partial charge on any atom is -0.374 e. The first-order chi connectivity index (χ1) is 15.0. The Balaban J connectivity index is 1.74.